The van der Waals surface area contributed by atoms with Crippen LogP contribution >= 0.6 is 0 Å². The van der Waals surface area contributed by atoms with Gasteiger partial charge < -0.3 is 9.47 Å². The van der Waals surface area contributed by atoms with Gasteiger partial charge >= 0.3 is 0 Å². The number of nitrogens with zero attached hydrogens (tertiary/aromatic N) is 1. The van der Waals surface area contributed by atoms with Crippen LogP contribution in [0.3, 0.4) is 0 Å². The van der Waals surface area contributed by atoms with Crippen LogP contribution in [0.5, 0.6) is 0 Å². The van der Waals surface area contributed by atoms with Gasteiger partial charge in [-0.25, -0.2) is 0 Å². The summed E-state index contributed by atoms with van der Waals surface area (Å²) in [5.74, 6) is -0.152. The molecule has 60 valence electrons. The van der Waals surface area contributed by atoms with Gasteiger partial charge in [-0.1, -0.05) is 0 Å². The maximum atomic E-state index is 11.0. The molecule has 1 aliphatic heterocycles. The van der Waals surface area contributed by atoms with Crippen LogP contribution in [-0.2, 0) is 14.3 Å². The number of methoxy groups -OCH3 is 1. The fourth-order valence-corrected chi connectivity index (χ4v) is 0.666. The third-order valence-corrected chi connectivity index (χ3v) is 1.16. The molecular formula is C7H9NO3. The second kappa shape index (κ2) is 3.78. The Morgan fingerprint density at radius 1 is 1.64 bits per heavy atom. The molecule has 0 aromatic rings. The van der Waals surface area contributed by atoms with Gasteiger partial charge in [-0.15, -0.1) is 0 Å². The predicted molar refractivity (Wildman–Crippen MR) is 38.1 cm³/mol. The van der Waals surface area contributed by atoms with Crippen molar-refractivity contribution in [3.8, 4) is 0 Å². The van der Waals surface area contributed by atoms with Gasteiger partial charge in [0.2, 0.25) is 0 Å². The Bertz CT molecular complexity index is 198. The molecule has 0 N–H and O–H groups in total. The molecule has 0 spiro atoms. The molecule has 0 aliphatic carbocycles. The minimum Gasteiger partial charge on any atom is -0.471 e. The minimum atomic E-state index is -0.152. The van der Waals surface area contributed by atoms with E-state index < -0.39 is 0 Å². The zero-order valence-electron chi connectivity index (χ0n) is 6.19. The van der Waals surface area contributed by atoms with Gasteiger partial charge in [0.1, 0.15) is 13.0 Å². The van der Waals surface area contributed by atoms with E-state index in [1.54, 1.807) is 0 Å². The first kappa shape index (κ1) is 7.81. The molecule has 0 aromatic carbocycles. The summed E-state index contributed by atoms with van der Waals surface area (Å²) in [5.41, 5.74) is 0. The molecule has 1 amide bonds. The normalized spacial score (nSPS) is 16.5. The largest absolute Gasteiger partial charge is 0.471 e. The summed E-state index contributed by atoms with van der Waals surface area (Å²) in [6.07, 6.45) is 5.60. The number of rotatable bonds is 2. The standard InChI is InChI=1S/C7H9NO3/c1-10-6-8-3-5-11-4-2-7(8)9/h2-5H,6H2,1H3. The van der Waals surface area contributed by atoms with Crippen molar-refractivity contribution < 1.29 is 14.3 Å². The third kappa shape index (κ3) is 2.09. The van der Waals surface area contributed by atoms with E-state index in [2.05, 4.69) is 0 Å². The molecule has 0 aromatic heterocycles. The summed E-state index contributed by atoms with van der Waals surface area (Å²) in [6, 6.07) is 0. The summed E-state index contributed by atoms with van der Waals surface area (Å²) < 4.78 is 9.53. The molecule has 0 saturated carbocycles. The average molecular weight is 155 g/mol. The third-order valence-electron chi connectivity index (χ3n) is 1.16. The average Bonchev–Trinajstić information content (AvgIpc) is 2.18. The molecule has 0 fully saturated rings. The Balaban J connectivity index is 2.60. The zero-order valence-corrected chi connectivity index (χ0v) is 6.19. The van der Waals surface area contributed by atoms with E-state index in [-0.39, 0.29) is 12.6 Å². The second-order valence-electron chi connectivity index (χ2n) is 1.95. The number of hydrogen-bond donors (Lipinski definition) is 0. The lowest BCUT2D eigenvalue weighted by Crippen LogP contribution is -2.25. The van der Waals surface area contributed by atoms with E-state index in [1.165, 1.54) is 36.8 Å². The van der Waals surface area contributed by atoms with Crippen molar-refractivity contribution in [3.05, 3.63) is 24.8 Å². The van der Waals surface area contributed by atoms with Crippen LogP contribution in [0.15, 0.2) is 24.8 Å². The summed E-state index contributed by atoms with van der Waals surface area (Å²) in [5, 5.41) is 0. The molecule has 1 rings (SSSR count). The van der Waals surface area contributed by atoms with Crippen molar-refractivity contribution in [2.24, 2.45) is 0 Å². The Labute approximate surface area is 64.7 Å². The fraction of sp³-hybridized carbons (Fsp3) is 0.286. The van der Waals surface area contributed by atoms with Gasteiger partial charge in [-0.05, 0) is 0 Å². The predicted octanol–water partition coefficient (Wildman–Crippen LogP) is 0.434. The number of carbonyl (C=O) groups is 1. The molecule has 4 nitrogen and oxygen atoms in total. The van der Waals surface area contributed by atoms with Crippen molar-refractivity contribution in [3.63, 3.8) is 0 Å². The molecule has 0 unspecified atom stereocenters. The SMILES string of the molecule is COCN1C=COC=CC1=O. The first-order valence-corrected chi connectivity index (χ1v) is 3.13. The Kier molecular flexibility index (Phi) is 2.68. The van der Waals surface area contributed by atoms with Crippen LogP contribution in [0.2, 0.25) is 0 Å². The summed E-state index contributed by atoms with van der Waals surface area (Å²) in [7, 11) is 1.52. The lowest BCUT2D eigenvalue weighted by Gasteiger charge is -2.12. The quantitative estimate of drug-likeness (QED) is 0.580. The number of hydrogen-bond acceptors (Lipinski definition) is 3. The van der Waals surface area contributed by atoms with E-state index in [9.17, 15) is 4.79 Å². The van der Waals surface area contributed by atoms with Crippen LogP contribution < -0.4 is 0 Å². The molecule has 11 heavy (non-hydrogen) atoms. The number of ether oxygens (including phenoxy) is 2. The molecule has 1 aliphatic rings. The molecule has 1 heterocycles. The summed E-state index contributed by atoms with van der Waals surface area (Å²) in [6.45, 7) is 0.239. The monoisotopic (exact) mass is 155 g/mol. The first-order valence-electron chi connectivity index (χ1n) is 3.13. The van der Waals surface area contributed by atoms with Gasteiger partial charge in [0, 0.05) is 19.4 Å². The maximum absolute atomic E-state index is 11.0. The Morgan fingerprint density at radius 2 is 2.45 bits per heavy atom. The highest BCUT2D eigenvalue weighted by molar-refractivity contribution is 5.88. The van der Waals surface area contributed by atoms with E-state index in [0.29, 0.717) is 0 Å². The summed E-state index contributed by atoms with van der Waals surface area (Å²) in [4.78, 5) is 12.4. The highest BCUT2D eigenvalue weighted by Crippen LogP contribution is 1.98. The Morgan fingerprint density at radius 3 is 3.18 bits per heavy atom. The van der Waals surface area contributed by atoms with Crippen molar-refractivity contribution >= 4 is 5.91 Å². The van der Waals surface area contributed by atoms with Crippen LogP contribution in [0, 0.1) is 0 Å². The van der Waals surface area contributed by atoms with Crippen LogP contribution in [0.4, 0.5) is 0 Å². The van der Waals surface area contributed by atoms with E-state index in [0.717, 1.165) is 0 Å². The van der Waals surface area contributed by atoms with Crippen LogP contribution in [0.25, 0.3) is 0 Å². The molecular weight excluding hydrogens is 146 g/mol. The lowest BCUT2D eigenvalue weighted by atomic mass is 10.5. The topological polar surface area (TPSA) is 38.8 Å². The lowest BCUT2D eigenvalue weighted by molar-refractivity contribution is -0.127. The molecule has 0 radical (unpaired) electrons. The fourth-order valence-electron chi connectivity index (χ4n) is 0.666. The highest BCUT2D eigenvalue weighted by Gasteiger charge is 2.07. The number of carbonyl (C=O) groups excluding carboxylic acids is 1. The summed E-state index contributed by atoms with van der Waals surface area (Å²) >= 11 is 0. The Hall–Kier alpha value is -1.29. The van der Waals surface area contributed by atoms with Crippen LogP contribution in [0.1, 0.15) is 0 Å². The molecule has 0 atom stereocenters. The van der Waals surface area contributed by atoms with Crippen molar-refractivity contribution in [1.82, 2.24) is 4.90 Å². The van der Waals surface area contributed by atoms with Crippen molar-refractivity contribution in [2.75, 3.05) is 13.8 Å². The van der Waals surface area contributed by atoms with Gasteiger partial charge in [-0.2, -0.15) is 0 Å². The number of amides is 1. The zero-order chi connectivity index (χ0) is 8.10. The highest BCUT2D eigenvalue weighted by atomic mass is 16.5. The first-order chi connectivity index (χ1) is 5.34. The molecule has 0 saturated heterocycles. The van der Waals surface area contributed by atoms with E-state index in [4.69, 9.17) is 9.47 Å². The van der Waals surface area contributed by atoms with Crippen LogP contribution in [-0.4, -0.2) is 24.6 Å². The van der Waals surface area contributed by atoms with Crippen molar-refractivity contribution in [2.45, 2.75) is 0 Å². The van der Waals surface area contributed by atoms with Gasteiger partial charge in [-0.3, -0.25) is 9.69 Å². The van der Waals surface area contributed by atoms with Gasteiger partial charge in [0.15, 0.2) is 0 Å². The van der Waals surface area contributed by atoms with Crippen molar-refractivity contribution in [1.29, 1.82) is 0 Å². The second-order valence-corrected chi connectivity index (χ2v) is 1.95. The smallest absolute Gasteiger partial charge is 0.255 e. The minimum absolute atomic E-state index is 0.152. The maximum Gasteiger partial charge on any atom is 0.255 e. The van der Waals surface area contributed by atoms with Gasteiger partial charge in [0.25, 0.3) is 5.91 Å². The molecule has 0 bridgehead atoms. The molecule has 4 heteroatoms. The van der Waals surface area contributed by atoms with Gasteiger partial charge in [0.05, 0.1) is 6.26 Å². The van der Waals surface area contributed by atoms with E-state index in [1.807, 2.05) is 0 Å². The van der Waals surface area contributed by atoms with E-state index >= 15 is 0 Å².